The number of rotatable bonds is 52. The van der Waals surface area contributed by atoms with Crippen LogP contribution >= 0.6 is 0 Å². The predicted molar refractivity (Wildman–Crippen MR) is 302 cm³/mol. The standard InChI is InChI=1S/C64H108O6/c1-4-7-10-13-15-17-19-21-23-25-27-29-30-31-32-33-34-35-37-38-40-42-44-46-48-51-54-57-63(66)69-60-61(59-68-62(65)56-53-50-12-9-6-3)70-64(67)58-55-52-49-47-45-43-41-39-36-28-26-24-22-20-18-16-14-11-8-5-2/h7,10,15,17,21,23,27,29,31-32,34-35,38,40,44,46,61H,4-6,8-9,11-14,16,18-20,22,24-26,28,30,33,36-37,39,41-43,45,47-60H2,1-3H3/b10-7-,17-15-,23-21-,29-27-,32-31-,35-34-,40-38-,46-44-. The first-order valence-corrected chi connectivity index (χ1v) is 29.2. The lowest BCUT2D eigenvalue weighted by Gasteiger charge is -2.18. The molecule has 1 atom stereocenters. The van der Waals surface area contributed by atoms with E-state index in [9.17, 15) is 14.4 Å². The Morgan fingerprint density at radius 1 is 0.300 bits per heavy atom. The smallest absolute Gasteiger partial charge is 0.306 e. The molecular formula is C64H108O6. The van der Waals surface area contributed by atoms with Crippen molar-refractivity contribution in [2.45, 2.75) is 277 Å². The summed E-state index contributed by atoms with van der Waals surface area (Å²) in [7, 11) is 0. The first-order chi connectivity index (χ1) is 34.5. The van der Waals surface area contributed by atoms with Gasteiger partial charge in [0.05, 0.1) is 0 Å². The number of hydrogen-bond donors (Lipinski definition) is 0. The summed E-state index contributed by atoms with van der Waals surface area (Å²) in [4.78, 5) is 37.8. The maximum atomic E-state index is 12.8. The van der Waals surface area contributed by atoms with Crippen LogP contribution in [0.3, 0.4) is 0 Å². The van der Waals surface area contributed by atoms with Gasteiger partial charge in [-0.15, -0.1) is 0 Å². The van der Waals surface area contributed by atoms with E-state index in [1.54, 1.807) is 0 Å². The Morgan fingerprint density at radius 3 is 0.871 bits per heavy atom. The Balaban J connectivity index is 4.19. The van der Waals surface area contributed by atoms with Crippen LogP contribution in [0.25, 0.3) is 0 Å². The largest absolute Gasteiger partial charge is 0.462 e. The van der Waals surface area contributed by atoms with Crippen LogP contribution in [0.2, 0.25) is 0 Å². The molecule has 0 fully saturated rings. The summed E-state index contributed by atoms with van der Waals surface area (Å²) < 4.78 is 16.7. The van der Waals surface area contributed by atoms with Crippen molar-refractivity contribution in [2.24, 2.45) is 0 Å². The normalized spacial score (nSPS) is 12.8. The Kier molecular flexibility index (Phi) is 54.9. The molecule has 70 heavy (non-hydrogen) atoms. The molecule has 0 amide bonds. The van der Waals surface area contributed by atoms with Gasteiger partial charge in [-0.3, -0.25) is 14.4 Å². The molecule has 0 N–H and O–H groups in total. The first-order valence-electron chi connectivity index (χ1n) is 29.2. The SMILES string of the molecule is CC/C=C\C/C=C\C/C=C\C/C=C\C/C=C\C/C=C\C/C=C\C/C=C\CCCCC(=O)OCC(COC(=O)CCCCCCC)OC(=O)CCCCCCCCCCCCCCCCCCCCCC. The molecule has 0 aliphatic heterocycles. The van der Waals surface area contributed by atoms with Crippen molar-refractivity contribution >= 4 is 17.9 Å². The molecular weight excluding hydrogens is 865 g/mol. The lowest BCUT2D eigenvalue weighted by molar-refractivity contribution is -0.167. The van der Waals surface area contributed by atoms with E-state index < -0.39 is 6.10 Å². The third kappa shape index (κ3) is 55.3. The molecule has 6 heteroatoms. The molecule has 1 unspecified atom stereocenters. The van der Waals surface area contributed by atoms with Crippen molar-refractivity contribution in [3.63, 3.8) is 0 Å². The van der Waals surface area contributed by atoms with E-state index in [0.717, 1.165) is 116 Å². The highest BCUT2D eigenvalue weighted by atomic mass is 16.6. The van der Waals surface area contributed by atoms with E-state index in [4.69, 9.17) is 14.2 Å². The fraction of sp³-hybridized carbons (Fsp3) is 0.703. The average molecular weight is 974 g/mol. The third-order valence-corrected chi connectivity index (χ3v) is 12.4. The van der Waals surface area contributed by atoms with Crippen molar-refractivity contribution in [2.75, 3.05) is 13.2 Å². The lowest BCUT2D eigenvalue weighted by Crippen LogP contribution is -2.30. The van der Waals surface area contributed by atoms with Gasteiger partial charge >= 0.3 is 17.9 Å². The first kappa shape index (κ1) is 66.3. The van der Waals surface area contributed by atoms with Gasteiger partial charge in [0.25, 0.3) is 0 Å². The summed E-state index contributed by atoms with van der Waals surface area (Å²) >= 11 is 0. The van der Waals surface area contributed by atoms with Gasteiger partial charge in [0, 0.05) is 19.3 Å². The molecule has 0 aromatic rings. The van der Waals surface area contributed by atoms with Crippen LogP contribution in [0.4, 0.5) is 0 Å². The number of carbonyl (C=O) groups is 3. The molecule has 0 rings (SSSR count). The molecule has 0 spiro atoms. The van der Waals surface area contributed by atoms with Crippen molar-refractivity contribution in [3.05, 3.63) is 97.2 Å². The van der Waals surface area contributed by atoms with Gasteiger partial charge in [-0.2, -0.15) is 0 Å². The summed E-state index contributed by atoms with van der Waals surface area (Å²) in [6.07, 6.45) is 77.4. The number of ether oxygens (including phenoxy) is 3. The van der Waals surface area contributed by atoms with Gasteiger partial charge in [-0.1, -0.05) is 266 Å². The zero-order chi connectivity index (χ0) is 50.7. The molecule has 0 saturated carbocycles. The van der Waals surface area contributed by atoms with E-state index in [-0.39, 0.29) is 31.1 Å². The minimum Gasteiger partial charge on any atom is -0.462 e. The summed E-state index contributed by atoms with van der Waals surface area (Å²) in [5, 5.41) is 0. The maximum Gasteiger partial charge on any atom is 0.306 e. The van der Waals surface area contributed by atoms with Gasteiger partial charge in [0.15, 0.2) is 6.10 Å². The molecule has 6 nitrogen and oxygen atoms in total. The number of esters is 3. The number of allylic oxidation sites excluding steroid dienone is 16. The van der Waals surface area contributed by atoms with Gasteiger partial charge in [-0.25, -0.2) is 0 Å². The highest BCUT2D eigenvalue weighted by Gasteiger charge is 2.19. The van der Waals surface area contributed by atoms with Crippen LogP contribution in [0.1, 0.15) is 271 Å². The maximum absolute atomic E-state index is 12.8. The van der Waals surface area contributed by atoms with Crippen LogP contribution in [0, 0.1) is 0 Å². The minimum atomic E-state index is -0.791. The molecule has 0 aliphatic carbocycles. The zero-order valence-electron chi connectivity index (χ0n) is 45.8. The van der Waals surface area contributed by atoms with Crippen molar-refractivity contribution < 1.29 is 28.6 Å². The Hall–Kier alpha value is -3.67. The molecule has 0 aliphatic rings. The Bertz CT molecular complexity index is 1400. The Morgan fingerprint density at radius 2 is 0.557 bits per heavy atom. The average Bonchev–Trinajstić information content (AvgIpc) is 3.36. The molecule has 0 heterocycles. The van der Waals surface area contributed by atoms with Gasteiger partial charge in [0.1, 0.15) is 13.2 Å². The highest BCUT2D eigenvalue weighted by molar-refractivity contribution is 5.71. The predicted octanol–water partition coefficient (Wildman–Crippen LogP) is 19.7. The summed E-state index contributed by atoms with van der Waals surface area (Å²) in [5.41, 5.74) is 0. The van der Waals surface area contributed by atoms with Gasteiger partial charge in [-0.05, 0) is 83.5 Å². The van der Waals surface area contributed by atoms with E-state index >= 15 is 0 Å². The fourth-order valence-corrected chi connectivity index (χ4v) is 7.99. The summed E-state index contributed by atoms with van der Waals surface area (Å²) in [6, 6.07) is 0. The van der Waals surface area contributed by atoms with E-state index in [0.29, 0.717) is 19.3 Å². The molecule has 0 radical (unpaired) electrons. The van der Waals surface area contributed by atoms with E-state index in [1.165, 1.54) is 116 Å². The topological polar surface area (TPSA) is 78.9 Å². The Labute approximate surface area is 432 Å². The number of hydrogen-bond acceptors (Lipinski definition) is 6. The molecule has 0 saturated heterocycles. The second-order valence-electron chi connectivity index (χ2n) is 19.2. The summed E-state index contributed by atoms with van der Waals surface area (Å²) in [5.74, 6) is -0.945. The zero-order valence-corrected chi connectivity index (χ0v) is 45.8. The quantitative estimate of drug-likeness (QED) is 0.0262. The molecule has 0 aromatic carbocycles. The van der Waals surface area contributed by atoms with Crippen LogP contribution in [-0.4, -0.2) is 37.2 Å². The van der Waals surface area contributed by atoms with Crippen LogP contribution < -0.4 is 0 Å². The highest BCUT2D eigenvalue weighted by Crippen LogP contribution is 2.16. The second-order valence-corrected chi connectivity index (χ2v) is 19.2. The van der Waals surface area contributed by atoms with Crippen LogP contribution in [0.15, 0.2) is 97.2 Å². The van der Waals surface area contributed by atoms with Gasteiger partial charge in [0.2, 0.25) is 0 Å². The fourth-order valence-electron chi connectivity index (χ4n) is 7.99. The van der Waals surface area contributed by atoms with Crippen LogP contribution in [0.5, 0.6) is 0 Å². The monoisotopic (exact) mass is 973 g/mol. The molecule has 0 bridgehead atoms. The van der Waals surface area contributed by atoms with Crippen LogP contribution in [-0.2, 0) is 28.6 Å². The third-order valence-electron chi connectivity index (χ3n) is 12.4. The van der Waals surface area contributed by atoms with Crippen molar-refractivity contribution in [1.82, 2.24) is 0 Å². The number of unbranched alkanes of at least 4 members (excludes halogenated alkanes) is 25. The van der Waals surface area contributed by atoms with Gasteiger partial charge < -0.3 is 14.2 Å². The number of carbonyl (C=O) groups excluding carboxylic acids is 3. The molecule has 400 valence electrons. The van der Waals surface area contributed by atoms with E-state index in [2.05, 4.69) is 118 Å². The van der Waals surface area contributed by atoms with Crippen molar-refractivity contribution in [3.8, 4) is 0 Å². The second kappa shape index (κ2) is 57.9. The summed E-state index contributed by atoms with van der Waals surface area (Å²) in [6.45, 7) is 6.42. The minimum absolute atomic E-state index is 0.0906. The van der Waals surface area contributed by atoms with E-state index in [1.807, 2.05) is 0 Å². The lowest BCUT2D eigenvalue weighted by atomic mass is 10.0. The van der Waals surface area contributed by atoms with Crippen molar-refractivity contribution in [1.29, 1.82) is 0 Å². The molecule has 0 aromatic heterocycles.